The summed E-state index contributed by atoms with van der Waals surface area (Å²) < 4.78 is 7.65. The van der Waals surface area contributed by atoms with Crippen molar-refractivity contribution in [1.29, 1.82) is 0 Å². The maximum absolute atomic E-state index is 12.6. The molecule has 10 heteroatoms. The molecule has 33 heavy (non-hydrogen) atoms. The van der Waals surface area contributed by atoms with Crippen LogP contribution in [0, 0.1) is 5.41 Å². The molecule has 1 saturated carbocycles. The minimum atomic E-state index is -0.279. The normalized spacial score (nSPS) is 17.8. The third-order valence-electron chi connectivity index (χ3n) is 6.88. The first-order valence-electron chi connectivity index (χ1n) is 11.9. The van der Waals surface area contributed by atoms with Gasteiger partial charge in [-0.1, -0.05) is 19.4 Å². The number of piperidine rings is 1. The van der Waals surface area contributed by atoms with Crippen LogP contribution in [0.5, 0.6) is 5.88 Å². The fourth-order valence-electron chi connectivity index (χ4n) is 4.94. The highest BCUT2D eigenvalue weighted by Gasteiger charge is 2.45. The third kappa shape index (κ3) is 4.52. The maximum atomic E-state index is 12.6. The number of nitrogens with two attached hydrogens (primary N) is 1. The molecule has 0 aromatic carbocycles. The first kappa shape index (κ1) is 21.7. The topological polar surface area (TPSA) is 136 Å². The Morgan fingerprint density at radius 2 is 2.09 bits per heavy atom. The molecule has 3 aromatic rings. The number of anilines is 2. The summed E-state index contributed by atoms with van der Waals surface area (Å²) in [6.07, 6.45) is 8.76. The molecule has 0 atom stereocenters. The Morgan fingerprint density at radius 3 is 2.82 bits per heavy atom. The molecule has 1 aliphatic heterocycles. The summed E-state index contributed by atoms with van der Waals surface area (Å²) in [5.74, 6) is 1.31. The van der Waals surface area contributed by atoms with Crippen molar-refractivity contribution < 1.29 is 4.74 Å². The molecular formula is C23H32N8O2. The zero-order valence-corrected chi connectivity index (χ0v) is 19.1. The number of aromatic amines is 1. The number of nitrogen functional groups attached to an aromatic ring is 1. The van der Waals surface area contributed by atoms with Gasteiger partial charge in [-0.3, -0.25) is 4.57 Å². The Kier molecular flexibility index (Phi) is 5.92. The Balaban J connectivity index is 1.26. The van der Waals surface area contributed by atoms with Crippen molar-refractivity contribution in [2.24, 2.45) is 5.41 Å². The van der Waals surface area contributed by atoms with Gasteiger partial charge in [-0.25, -0.2) is 9.78 Å². The lowest BCUT2D eigenvalue weighted by molar-refractivity contribution is -0.0367. The number of nitrogens with zero attached hydrogens (tertiary/aromatic N) is 4. The number of unbranched alkanes of at least 4 members (excludes halogenated alkanes) is 1. The molecule has 5 N–H and O–H groups in total. The smallest absolute Gasteiger partial charge is 0.328 e. The van der Waals surface area contributed by atoms with E-state index in [1.54, 1.807) is 10.8 Å². The van der Waals surface area contributed by atoms with Crippen LogP contribution in [0.4, 0.5) is 11.8 Å². The van der Waals surface area contributed by atoms with E-state index in [4.69, 9.17) is 10.5 Å². The summed E-state index contributed by atoms with van der Waals surface area (Å²) in [6, 6.07) is 3.82. The molecule has 1 aliphatic carbocycles. The molecule has 1 saturated heterocycles. The van der Waals surface area contributed by atoms with E-state index < -0.39 is 0 Å². The van der Waals surface area contributed by atoms with Crippen molar-refractivity contribution in [1.82, 2.24) is 29.8 Å². The van der Waals surface area contributed by atoms with Crippen LogP contribution in [0.1, 0.15) is 51.0 Å². The summed E-state index contributed by atoms with van der Waals surface area (Å²) in [4.78, 5) is 28.6. The van der Waals surface area contributed by atoms with Crippen molar-refractivity contribution in [2.75, 3.05) is 30.7 Å². The number of H-pyrrole nitrogens is 1. The molecule has 0 amide bonds. The summed E-state index contributed by atoms with van der Waals surface area (Å²) in [5, 5.41) is 6.60. The lowest BCUT2D eigenvalue weighted by Crippen LogP contribution is -2.49. The van der Waals surface area contributed by atoms with Gasteiger partial charge >= 0.3 is 5.69 Å². The number of imidazole rings is 1. The van der Waals surface area contributed by atoms with Gasteiger partial charge in [0.1, 0.15) is 11.6 Å². The van der Waals surface area contributed by atoms with Crippen molar-refractivity contribution >= 4 is 22.9 Å². The summed E-state index contributed by atoms with van der Waals surface area (Å²) in [5.41, 5.74) is 8.07. The first-order valence-corrected chi connectivity index (χ1v) is 11.9. The summed E-state index contributed by atoms with van der Waals surface area (Å²) in [7, 11) is 0. The van der Waals surface area contributed by atoms with E-state index in [-0.39, 0.29) is 17.6 Å². The highest BCUT2D eigenvalue weighted by molar-refractivity contribution is 5.82. The molecule has 0 bridgehead atoms. The lowest BCUT2D eigenvalue weighted by atomic mass is 9.62. The molecule has 5 rings (SSSR count). The molecule has 4 heterocycles. The van der Waals surface area contributed by atoms with Gasteiger partial charge in [-0.05, 0) is 56.2 Å². The molecule has 10 nitrogen and oxygen atoms in total. The van der Waals surface area contributed by atoms with Gasteiger partial charge in [-0.15, -0.1) is 0 Å². The monoisotopic (exact) mass is 452 g/mol. The van der Waals surface area contributed by atoms with Crippen LogP contribution < -0.4 is 26.8 Å². The number of hydrogen-bond acceptors (Lipinski definition) is 8. The second-order valence-corrected chi connectivity index (χ2v) is 9.33. The van der Waals surface area contributed by atoms with E-state index in [1.165, 1.54) is 12.8 Å². The van der Waals surface area contributed by atoms with E-state index >= 15 is 0 Å². The number of hydrogen-bond donors (Lipinski definition) is 4. The van der Waals surface area contributed by atoms with Crippen molar-refractivity contribution in [3.63, 3.8) is 0 Å². The van der Waals surface area contributed by atoms with Crippen LogP contribution in [-0.2, 0) is 6.54 Å². The van der Waals surface area contributed by atoms with Crippen LogP contribution >= 0.6 is 0 Å². The minimum Gasteiger partial charge on any atom is -0.474 e. The fourth-order valence-corrected chi connectivity index (χ4v) is 4.94. The first-order chi connectivity index (χ1) is 16.0. The van der Waals surface area contributed by atoms with E-state index in [0.29, 0.717) is 35.0 Å². The molecule has 0 unspecified atom stereocenters. The molecule has 3 aromatic heterocycles. The van der Waals surface area contributed by atoms with Crippen molar-refractivity contribution in [2.45, 2.75) is 58.1 Å². The average molecular weight is 453 g/mol. The molecule has 2 aliphatic rings. The number of aromatic nitrogens is 5. The summed E-state index contributed by atoms with van der Waals surface area (Å²) in [6.45, 7) is 5.42. The van der Waals surface area contributed by atoms with E-state index in [1.807, 2.05) is 12.1 Å². The van der Waals surface area contributed by atoms with Gasteiger partial charge in [0.05, 0.1) is 6.54 Å². The number of nitrogens with one attached hydrogen (secondary N) is 3. The zero-order chi connectivity index (χ0) is 22.8. The highest BCUT2D eigenvalue weighted by atomic mass is 16.5. The van der Waals surface area contributed by atoms with Gasteiger partial charge in [0, 0.05) is 18.8 Å². The summed E-state index contributed by atoms with van der Waals surface area (Å²) >= 11 is 0. The van der Waals surface area contributed by atoms with Gasteiger partial charge in [0.25, 0.3) is 0 Å². The number of ether oxygens (including phenoxy) is 1. The standard InChI is InChI=1S/C23H32N8O2/c1-2-3-8-26-21-29-19(24)18-20(30-21)31(22(32)28-18)14-15-4-5-17(27-13-15)33-16-11-23(12-16)6-9-25-10-7-23/h4-5,13,16,25H,2-3,6-12,14H2,1H3,(H,28,32)(H3,24,26,29,30). The van der Waals surface area contributed by atoms with Crippen LogP contribution in [-0.4, -0.2) is 50.2 Å². The van der Waals surface area contributed by atoms with Crippen LogP contribution in [0.15, 0.2) is 23.1 Å². The van der Waals surface area contributed by atoms with Crippen LogP contribution in [0.3, 0.4) is 0 Å². The average Bonchev–Trinajstić information content (AvgIpc) is 3.11. The predicted octanol–water partition coefficient (Wildman–Crippen LogP) is 2.27. The van der Waals surface area contributed by atoms with Crippen molar-refractivity contribution in [3.8, 4) is 5.88 Å². The van der Waals surface area contributed by atoms with Crippen molar-refractivity contribution in [3.05, 3.63) is 34.4 Å². The van der Waals surface area contributed by atoms with E-state index in [9.17, 15) is 4.79 Å². The second kappa shape index (κ2) is 9.01. The van der Waals surface area contributed by atoms with Gasteiger partial charge in [0.2, 0.25) is 11.8 Å². The maximum Gasteiger partial charge on any atom is 0.328 e. The quantitative estimate of drug-likeness (QED) is 0.382. The number of pyridine rings is 1. The minimum absolute atomic E-state index is 0.246. The molecule has 1 spiro atoms. The lowest BCUT2D eigenvalue weighted by Gasteiger charge is -2.49. The van der Waals surface area contributed by atoms with Crippen LogP contribution in [0.25, 0.3) is 11.2 Å². The SMILES string of the molecule is CCCCNc1nc(N)c2[nH]c(=O)n(Cc3ccc(OC4CC5(CCNCC5)C4)nc3)c2n1. The highest BCUT2D eigenvalue weighted by Crippen LogP contribution is 2.49. The Morgan fingerprint density at radius 1 is 1.27 bits per heavy atom. The molecule has 2 fully saturated rings. The molecule has 0 radical (unpaired) electrons. The van der Waals surface area contributed by atoms with E-state index in [0.717, 1.165) is 50.9 Å². The van der Waals surface area contributed by atoms with Crippen LogP contribution in [0.2, 0.25) is 0 Å². The third-order valence-corrected chi connectivity index (χ3v) is 6.88. The number of fused-ring (bicyclic) bond motifs is 1. The number of rotatable bonds is 8. The second-order valence-electron chi connectivity index (χ2n) is 9.33. The molecule has 176 valence electrons. The Labute approximate surface area is 192 Å². The zero-order valence-electron chi connectivity index (χ0n) is 19.1. The van der Waals surface area contributed by atoms with Gasteiger partial charge in [0.15, 0.2) is 11.5 Å². The largest absolute Gasteiger partial charge is 0.474 e. The molecular weight excluding hydrogens is 420 g/mol. The fraction of sp³-hybridized carbons (Fsp3) is 0.565. The van der Waals surface area contributed by atoms with Gasteiger partial charge < -0.3 is 26.1 Å². The van der Waals surface area contributed by atoms with E-state index in [2.05, 4.69) is 37.5 Å². The predicted molar refractivity (Wildman–Crippen MR) is 127 cm³/mol. The van der Waals surface area contributed by atoms with Gasteiger partial charge in [-0.2, -0.15) is 9.97 Å². The Bertz CT molecular complexity index is 1160. The Hall–Kier alpha value is -3.14.